The molecule has 0 saturated heterocycles. The lowest BCUT2D eigenvalue weighted by Gasteiger charge is -2.29. The minimum absolute atomic E-state index is 0.113. The highest BCUT2D eigenvalue weighted by Crippen LogP contribution is 2.49. The van der Waals surface area contributed by atoms with Crippen LogP contribution < -0.4 is 16.2 Å². The maximum absolute atomic E-state index is 12.1. The molecule has 5 heteroatoms. The van der Waals surface area contributed by atoms with Crippen LogP contribution in [0.5, 0.6) is 0 Å². The Bertz CT molecular complexity index is 432. The molecule has 3 N–H and O–H groups in total. The van der Waals surface area contributed by atoms with Crippen LogP contribution >= 0.6 is 0 Å². The SMILES string of the molecule is C[C@H](NC(=O)C1=CCC(=O)NN1)[C@H]1C[C@@H]2CC[C@H]1C2. The van der Waals surface area contributed by atoms with Gasteiger partial charge in [-0.25, -0.2) is 0 Å². The summed E-state index contributed by atoms with van der Waals surface area (Å²) < 4.78 is 0. The van der Waals surface area contributed by atoms with E-state index in [0.29, 0.717) is 11.6 Å². The van der Waals surface area contributed by atoms with Crippen molar-refractivity contribution in [2.75, 3.05) is 0 Å². The van der Waals surface area contributed by atoms with Crippen LogP contribution in [0.15, 0.2) is 11.8 Å². The summed E-state index contributed by atoms with van der Waals surface area (Å²) in [5, 5.41) is 3.07. The van der Waals surface area contributed by atoms with Crippen molar-refractivity contribution in [3.05, 3.63) is 11.8 Å². The summed E-state index contributed by atoms with van der Waals surface area (Å²) in [5.41, 5.74) is 5.57. The van der Waals surface area contributed by atoms with Gasteiger partial charge in [-0.3, -0.25) is 20.4 Å². The Morgan fingerprint density at radius 3 is 2.79 bits per heavy atom. The number of hydrogen-bond donors (Lipinski definition) is 3. The Labute approximate surface area is 113 Å². The molecule has 2 amide bonds. The summed E-state index contributed by atoms with van der Waals surface area (Å²) in [7, 11) is 0. The molecule has 2 saturated carbocycles. The van der Waals surface area contributed by atoms with Crippen molar-refractivity contribution >= 4 is 11.8 Å². The van der Waals surface area contributed by atoms with E-state index < -0.39 is 0 Å². The normalized spacial score (nSPS) is 34.3. The lowest BCUT2D eigenvalue weighted by Crippen LogP contribution is -2.48. The molecule has 0 unspecified atom stereocenters. The van der Waals surface area contributed by atoms with Crippen molar-refractivity contribution < 1.29 is 9.59 Å². The van der Waals surface area contributed by atoms with E-state index in [4.69, 9.17) is 0 Å². The zero-order chi connectivity index (χ0) is 13.4. The third-order valence-corrected chi connectivity index (χ3v) is 4.87. The van der Waals surface area contributed by atoms with Crippen molar-refractivity contribution in [3.8, 4) is 0 Å². The molecule has 0 aromatic carbocycles. The third kappa shape index (κ3) is 2.46. The molecule has 1 aliphatic heterocycles. The van der Waals surface area contributed by atoms with E-state index in [1.54, 1.807) is 6.08 Å². The van der Waals surface area contributed by atoms with E-state index in [1.807, 2.05) is 0 Å². The fourth-order valence-corrected chi connectivity index (χ4v) is 3.88. The van der Waals surface area contributed by atoms with Gasteiger partial charge in [-0.1, -0.05) is 6.42 Å². The van der Waals surface area contributed by atoms with Crippen LogP contribution in [0.2, 0.25) is 0 Å². The van der Waals surface area contributed by atoms with Crippen LogP contribution in [0.4, 0.5) is 0 Å². The van der Waals surface area contributed by atoms with Crippen molar-refractivity contribution in [2.45, 2.75) is 45.1 Å². The second kappa shape index (κ2) is 4.87. The van der Waals surface area contributed by atoms with Gasteiger partial charge in [-0.05, 0) is 50.0 Å². The van der Waals surface area contributed by atoms with Crippen molar-refractivity contribution in [1.82, 2.24) is 16.2 Å². The maximum Gasteiger partial charge on any atom is 0.269 e. The first-order chi connectivity index (χ1) is 9.13. The average Bonchev–Trinajstić information content (AvgIpc) is 3.01. The standard InChI is InChI=1S/C14H21N3O2/c1-8(11-7-9-2-3-10(11)6-9)15-14(19)12-4-5-13(18)17-16-12/h4,8-11,16H,2-3,5-7H2,1H3,(H,15,19)(H,17,18)/t8-,9+,10-,11+/m0/s1. The molecule has 0 spiro atoms. The maximum atomic E-state index is 12.1. The molecule has 2 fully saturated rings. The van der Waals surface area contributed by atoms with Gasteiger partial charge in [0.2, 0.25) is 5.91 Å². The van der Waals surface area contributed by atoms with Gasteiger partial charge in [-0.15, -0.1) is 0 Å². The minimum Gasteiger partial charge on any atom is -0.348 e. The summed E-state index contributed by atoms with van der Waals surface area (Å²) in [5.74, 6) is 2.09. The van der Waals surface area contributed by atoms with Crippen molar-refractivity contribution in [3.63, 3.8) is 0 Å². The van der Waals surface area contributed by atoms with Gasteiger partial charge in [0, 0.05) is 12.5 Å². The molecule has 3 aliphatic rings. The van der Waals surface area contributed by atoms with E-state index in [9.17, 15) is 9.59 Å². The second-order valence-electron chi connectivity index (χ2n) is 6.10. The van der Waals surface area contributed by atoms with Crippen molar-refractivity contribution in [1.29, 1.82) is 0 Å². The molecule has 104 valence electrons. The van der Waals surface area contributed by atoms with Crippen LogP contribution in [0, 0.1) is 17.8 Å². The fraction of sp³-hybridized carbons (Fsp3) is 0.714. The fourth-order valence-electron chi connectivity index (χ4n) is 3.88. The first kappa shape index (κ1) is 12.5. The number of nitrogens with one attached hydrogen (secondary N) is 3. The highest BCUT2D eigenvalue weighted by molar-refractivity contribution is 5.95. The van der Waals surface area contributed by atoms with E-state index in [1.165, 1.54) is 25.7 Å². The number of amides is 2. The summed E-state index contributed by atoms with van der Waals surface area (Å²) in [4.78, 5) is 23.1. The zero-order valence-electron chi connectivity index (χ0n) is 11.2. The van der Waals surface area contributed by atoms with E-state index >= 15 is 0 Å². The Morgan fingerprint density at radius 2 is 2.21 bits per heavy atom. The molecular formula is C14H21N3O2. The summed E-state index contributed by atoms with van der Waals surface area (Å²) in [6.07, 6.45) is 7.21. The van der Waals surface area contributed by atoms with Gasteiger partial charge in [0.15, 0.2) is 0 Å². The van der Waals surface area contributed by atoms with Gasteiger partial charge >= 0.3 is 0 Å². The quantitative estimate of drug-likeness (QED) is 0.706. The van der Waals surface area contributed by atoms with E-state index in [-0.39, 0.29) is 24.3 Å². The number of rotatable bonds is 3. The largest absolute Gasteiger partial charge is 0.348 e. The number of carbonyl (C=O) groups excluding carboxylic acids is 2. The van der Waals surface area contributed by atoms with Gasteiger partial charge in [0.1, 0.15) is 5.70 Å². The Morgan fingerprint density at radius 1 is 1.37 bits per heavy atom. The smallest absolute Gasteiger partial charge is 0.269 e. The molecule has 2 bridgehead atoms. The summed E-state index contributed by atoms with van der Waals surface area (Å²) in [6.45, 7) is 2.10. The highest BCUT2D eigenvalue weighted by atomic mass is 16.2. The Hall–Kier alpha value is -1.52. The van der Waals surface area contributed by atoms with Gasteiger partial charge < -0.3 is 5.32 Å². The zero-order valence-corrected chi connectivity index (χ0v) is 11.2. The number of carbonyl (C=O) groups is 2. The molecule has 1 heterocycles. The second-order valence-corrected chi connectivity index (χ2v) is 6.10. The molecule has 19 heavy (non-hydrogen) atoms. The van der Waals surface area contributed by atoms with Gasteiger partial charge in [-0.2, -0.15) is 0 Å². The van der Waals surface area contributed by atoms with E-state index in [2.05, 4.69) is 23.1 Å². The Kier molecular flexibility index (Phi) is 3.21. The number of hydrazine groups is 1. The topological polar surface area (TPSA) is 70.2 Å². The monoisotopic (exact) mass is 263 g/mol. The predicted octanol–water partition coefficient (Wildman–Crippen LogP) is 0.836. The predicted molar refractivity (Wildman–Crippen MR) is 70.5 cm³/mol. The lowest BCUT2D eigenvalue weighted by molar-refractivity contribution is -0.122. The highest BCUT2D eigenvalue weighted by Gasteiger charge is 2.42. The van der Waals surface area contributed by atoms with Gasteiger partial charge in [0.05, 0.1) is 0 Å². The molecule has 4 atom stereocenters. The van der Waals surface area contributed by atoms with E-state index in [0.717, 1.165) is 11.8 Å². The van der Waals surface area contributed by atoms with Crippen LogP contribution in [0.25, 0.3) is 0 Å². The van der Waals surface area contributed by atoms with Gasteiger partial charge in [0.25, 0.3) is 5.91 Å². The van der Waals surface area contributed by atoms with Crippen LogP contribution in [-0.2, 0) is 9.59 Å². The lowest BCUT2D eigenvalue weighted by atomic mass is 9.84. The third-order valence-electron chi connectivity index (χ3n) is 4.87. The number of hydrogen-bond acceptors (Lipinski definition) is 3. The average molecular weight is 263 g/mol. The number of fused-ring (bicyclic) bond motifs is 2. The minimum atomic E-state index is -0.115. The Balaban J connectivity index is 1.56. The molecular weight excluding hydrogens is 242 g/mol. The van der Waals surface area contributed by atoms with Crippen LogP contribution in [0.3, 0.4) is 0 Å². The molecule has 5 nitrogen and oxygen atoms in total. The van der Waals surface area contributed by atoms with Crippen LogP contribution in [0.1, 0.15) is 39.0 Å². The summed E-state index contributed by atoms with van der Waals surface area (Å²) >= 11 is 0. The molecule has 0 radical (unpaired) electrons. The molecule has 0 aromatic rings. The molecule has 2 aliphatic carbocycles. The summed E-state index contributed by atoms with van der Waals surface area (Å²) in [6, 6.07) is 0.211. The van der Waals surface area contributed by atoms with Crippen LogP contribution in [-0.4, -0.2) is 17.9 Å². The van der Waals surface area contributed by atoms with Crippen molar-refractivity contribution in [2.24, 2.45) is 17.8 Å². The first-order valence-corrected chi connectivity index (χ1v) is 7.19. The molecule has 3 rings (SSSR count). The first-order valence-electron chi connectivity index (χ1n) is 7.19. The molecule has 0 aromatic heterocycles.